The highest BCUT2D eigenvalue weighted by Gasteiger charge is 2.57. The number of esters is 1. The highest BCUT2D eigenvalue weighted by atomic mass is 28.4. The molecule has 6 aromatic carbocycles. The standard InChI is InChI=1S/C59H72O5Si3/c1-11-61-56(60)43-46-42-47(63-66(58(5,6)7,50-34-22-14-23-35-50)51-36-24-15-25-37-51)44-55(64-67(59(8,9)10,52-38-26-16-27-39-52)53-40-28-17-29-41-53)54(46)45-62-65(57(2,3)4,48-30-18-12-19-31-48)49-32-20-13-21-33-49/h12-41,43,47,54-55H,11,42,44-45H2,1-10H3/b46-43-. The predicted octanol–water partition coefficient (Wildman–Crippen LogP) is 10.4. The van der Waals surface area contributed by atoms with Crippen molar-refractivity contribution in [2.24, 2.45) is 5.92 Å². The second-order valence-electron chi connectivity index (χ2n) is 21.2. The molecule has 67 heavy (non-hydrogen) atoms. The Morgan fingerprint density at radius 2 is 0.806 bits per heavy atom. The van der Waals surface area contributed by atoms with E-state index in [0.29, 0.717) is 19.4 Å². The van der Waals surface area contributed by atoms with Gasteiger partial charge in [-0.15, -0.1) is 0 Å². The Morgan fingerprint density at radius 1 is 0.493 bits per heavy atom. The van der Waals surface area contributed by atoms with Crippen LogP contribution in [0.3, 0.4) is 0 Å². The molecule has 0 aliphatic heterocycles. The summed E-state index contributed by atoms with van der Waals surface area (Å²) in [5.41, 5.74) is 0.938. The van der Waals surface area contributed by atoms with Crippen LogP contribution in [0.2, 0.25) is 15.1 Å². The second kappa shape index (κ2) is 20.7. The maximum atomic E-state index is 14.1. The third-order valence-electron chi connectivity index (χ3n) is 13.9. The maximum absolute atomic E-state index is 14.1. The van der Waals surface area contributed by atoms with E-state index < -0.39 is 31.1 Å². The van der Waals surface area contributed by atoms with Gasteiger partial charge in [-0.2, -0.15) is 0 Å². The second-order valence-corrected chi connectivity index (χ2v) is 34.0. The first kappa shape index (κ1) is 50.0. The van der Waals surface area contributed by atoms with Gasteiger partial charge in [-0.25, -0.2) is 4.79 Å². The number of carbonyl (C=O) groups is 1. The van der Waals surface area contributed by atoms with Crippen LogP contribution in [0.25, 0.3) is 0 Å². The molecule has 1 fully saturated rings. The number of ether oxygens (including phenoxy) is 1. The lowest BCUT2D eigenvalue weighted by Gasteiger charge is -2.51. The first-order valence-corrected chi connectivity index (χ1v) is 29.9. The quantitative estimate of drug-likeness (QED) is 0.0583. The molecular weight excluding hydrogens is 873 g/mol. The summed E-state index contributed by atoms with van der Waals surface area (Å²) in [7, 11) is -9.31. The van der Waals surface area contributed by atoms with Gasteiger partial charge in [0.05, 0.1) is 18.8 Å². The molecule has 350 valence electrons. The fourth-order valence-electron chi connectivity index (χ4n) is 10.9. The minimum atomic E-state index is -3.19. The predicted molar refractivity (Wildman–Crippen MR) is 286 cm³/mol. The molecule has 1 aliphatic rings. The molecule has 5 nitrogen and oxygen atoms in total. The average Bonchev–Trinajstić information content (AvgIpc) is 3.31. The lowest BCUT2D eigenvalue weighted by molar-refractivity contribution is -0.137. The van der Waals surface area contributed by atoms with Crippen molar-refractivity contribution >= 4 is 62.0 Å². The third-order valence-corrected chi connectivity index (χ3v) is 29.0. The molecule has 0 radical (unpaired) electrons. The van der Waals surface area contributed by atoms with Crippen molar-refractivity contribution < 1.29 is 22.8 Å². The van der Waals surface area contributed by atoms with E-state index in [0.717, 1.165) is 5.57 Å². The van der Waals surface area contributed by atoms with E-state index in [4.69, 9.17) is 18.0 Å². The molecule has 1 saturated carbocycles. The summed E-state index contributed by atoms with van der Waals surface area (Å²) in [6, 6.07) is 65.1. The van der Waals surface area contributed by atoms with E-state index in [-0.39, 0.29) is 39.7 Å². The zero-order chi connectivity index (χ0) is 47.9. The van der Waals surface area contributed by atoms with Gasteiger partial charge in [0.1, 0.15) is 0 Å². The van der Waals surface area contributed by atoms with Gasteiger partial charge < -0.3 is 18.0 Å². The van der Waals surface area contributed by atoms with Crippen LogP contribution >= 0.6 is 0 Å². The molecule has 0 amide bonds. The Bertz CT molecular complexity index is 2400. The van der Waals surface area contributed by atoms with Crippen LogP contribution in [-0.4, -0.2) is 56.3 Å². The van der Waals surface area contributed by atoms with E-state index in [1.54, 1.807) is 6.08 Å². The number of carbonyl (C=O) groups excluding carboxylic acids is 1. The summed E-state index contributed by atoms with van der Waals surface area (Å²) in [5, 5.41) is 6.40. The molecule has 0 N–H and O–H groups in total. The largest absolute Gasteiger partial charge is 0.463 e. The summed E-state index contributed by atoms with van der Waals surface area (Å²) < 4.78 is 30.1. The minimum Gasteiger partial charge on any atom is -0.463 e. The van der Waals surface area contributed by atoms with E-state index in [9.17, 15) is 4.79 Å². The van der Waals surface area contributed by atoms with E-state index >= 15 is 0 Å². The van der Waals surface area contributed by atoms with Crippen molar-refractivity contribution in [2.75, 3.05) is 13.2 Å². The molecule has 7 rings (SSSR count). The fourth-order valence-corrected chi connectivity index (χ4v) is 24.9. The Labute approximate surface area is 405 Å². The van der Waals surface area contributed by atoms with Gasteiger partial charge in [-0.3, -0.25) is 0 Å². The van der Waals surface area contributed by atoms with Crippen molar-refractivity contribution in [1.29, 1.82) is 0 Å². The Morgan fingerprint density at radius 3 is 1.12 bits per heavy atom. The van der Waals surface area contributed by atoms with Crippen LogP contribution in [-0.2, 0) is 22.8 Å². The highest BCUT2D eigenvalue weighted by Crippen LogP contribution is 2.46. The van der Waals surface area contributed by atoms with Crippen LogP contribution in [0.5, 0.6) is 0 Å². The van der Waals surface area contributed by atoms with E-state index in [2.05, 4.69) is 244 Å². The van der Waals surface area contributed by atoms with Gasteiger partial charge in [-0.1, -0.05) is 250 Å². The number of rotatable bonds is 15. The van der Waals surface area contributed by atoms with Crippen LogP contribution in [0.4, 0.5) is 0 Å². The Kier molecular flexibility index (Phi) is 15.5. The number of benzene rings is 6. The number of hydrogen-bond donors (Lipinski definition) is 0. The summed E-state index contributed by atoms with van der Waals surface area (Å²) in [6.07, 6.45) is 2.16. The normalized spacial score (nSPS) is 18.1. The first-order valence-electron chi connectivity index (χ1n) is 24.2. The van der Waals surface area contributed by atoms with Gasteiger partial charge in [0, 0.05) is 18.6 Å². The molecular formula is C59H72O5Si3. The third kappa shape index (κ3) is 10.1. The van der Waals surface area contributed by atoms with Crippen molar-refractivity contribution in [1.82, 2.24) is 0 Å². The minimum absolute atomic E-state index is 0.265. The zero-order valence-corrected chi connectivity index (χ0v) is 44.5. The highest BCUT2D eigenvalue weighted by molar-refractivity contribution is 7.00. The molecule has 6 aromatic rings. The lowest BCUT2D eigenvalue weighted by atomic mass is 9.80. The molecule has 8 heteroatoms. The van der Waals surface area contributed by atoms with Crippen molar-refractivity contribution in [2.45, 2.75) is 109 Å². The summed E-state index contributed by atoms with van der Waals surface area (Å²) >= 11 is 0. The van der Waals surface area contributed by atoms with Gasteiger partial charge >= 0.3 is 5.97 Å². The number of hydrogen-bond acceptors (Lipinski definition) is 5. The molecule has 1 aliphatic carbocycles. The van der Waals surface area contributed by atoms with Crippen molar-refractivity contribution in [3.63, 3.8) is 0 Å². The fraction of sp³-hybridized carbons (Fsp3) is 0.339. The van der Waals surface area contributed by atoms with Crippen molar-refractivity contribution in [3.05, 3.63) is 194 Å². The molecule has 0 aromatic heterocycles. The Balaban J connectivity index is 1.48. The van der Waals surface area contributed by atoms with Crippen molar-refractivity contribution in [3.8, 4) is 0 Å². The van der Waals surface area contributed by atoms with E-state index in [1.807, 2.05) is 6.92 Å². The first-order chi connectivity index (χ1) is 32.0. The smallest absolute Gasteiger partial charge is 0.330 e. The van der Waals surface area contributed by atoms with E-state index in [1.165, 1.54) is 31.1 Å². The maximum Gasteiger partial charge on any atom is 0.330 e. The summed E-state index contributed by atoms with van der Waals surface area (Å²) in [6.45, 7) is 23.4. The zero-order valence-electron chi connectivity index (χ0n) is 41.5. The SMILES string of the molecule is CCOC(=O)/C=C1/CC(O[Si](c2ccccc2)(c2ccccc2)C(C)(C)C)CC(O[Si](c2ccccc2)(c2ccccc2)C(C)(C)C)C1CO[Si](c1ccccc1)(c1ccccc1)C(C)(C)C. The van der Waals surface area contributed by atoms with Crippen LogP contribution in [0.15, 0.2) is 194 Å². The summed E-state index contributed by atoms with van der Waals surface area (Å²) in [5.74, 6) is -0.671. The van der Waals surface area contributed by atoms with Crippen LogP contribution in [0, 0.1) is 5.92 Å². The van der Waals surface area contributed by atoms with Gasteiger partial charge in [0.15, 0.2) is 0 Å². The Hall–Kier alpha value is -4.94. The molecule has 3 atom stereocenters. The van der Waals surface area contributed by atoms with Crippen LogP contribution in [0.1, 0.15) is 82.1 Å². The molecule has 0 heterocycles. The van der Waals surface area contributed by atoms with Crippen LogP contribution < -0.4 is 31.1 Å². The van der Waals surface area contributed by atoms with Gasteiger partial charge in [0.2, 0.25) is 0 Å². The molecule has 3 unspecified atom stereocenters. The molecule has 0 bridgehead atoms. The monoisotopic (exact) mass is 944 g/mol. The topological polar surface area (TPSA) is 54.0 Å². The van der Waals surface area contributed by atoms with Gasteiger partial charge in [0.25, 0.3) is 25.0 Å². The average molecular weight is 945 g/mol. The molecule has 0 spiro atoms. The summed E-state index contributed by atoms with van der Waals surface area (Å²) in [4.78, 5) is 14.1. The van der Waals surface area contributed by atoms with Gasteiger partial charge in [-0.05, 0) is 66.0 Å². The lowest BCUT2D eigenvalue weighted by Crippen LogP contribution is -2.70. The molecule has 0 saturated heterocycles.